The van der Waals surface area contributed by atoms with Gasteiger partial charge in [-0.05, 0) is 43.5 Å². The highest BCUT2D eigenvalue weighted by molar-refractivity contribution is 5.94. The average Bonchev–Trinajstić information content (AvgIpc) is 2.84. The minimum Gasteiger partial charge on any atom is -0.424 e. The van der Waals surface area contributed by atoms with Gasteiger partial charge in [-0.1, -0.05) is 0 Å². The summed E-state index contributed by atoms with van der Waals surface area (Å²) < 4.78 is 5.45. The van der Waals surface area contributed by atoms with Crippen molar-refractivity contribution in [2.75, 3.05) is 11.4 Å². The molecule has 5 heteroatoms. The Morgan fingerprint density at radius 2 is 2.25 bits per heavy atom. The van der Waals surface area contributed by atoms with Crippen molar-refractivity contribution in [2.45, 2.75) is 33.2 Å². The van der Waals surface area contributed by atoms with Gasteiger partial charge in [0, 0.05) is 24.7 Å². The fraction of sp³-hybridized carbons (Fsp3) is 0.400. The molecule has 0 saturated carbocycles. The van der Waals surface area contributed by atoms with Crippen molar-refractivity contribution in [1.82, 2.24) is 10.2 Å². The Balaban J connectivity index is 1.88. The monoisotopic (exact) mass is 271 g/mol. The van der Waals surface area contributed by atoms with Gasteiger partial charge < -0.3 is 9.32 Å². The molecule has 1 aromatic carbocycles. The van der Waals surface area contributed by atoms with Crippen molar-refractivity contribution in [3.05, 3.63) is 41.1 Å². The fourth-order valence-corrected chi connectivity index (χ4v) is 2.62. The number of Topliss-reactive ketones (excluding diaryl/α,β-unsaturated/α-hetero) is 1. The Morgan fingerprint density at radius 1 is 1.40 bits per heavy atom. The van der Waals surface area contributed by atoms with Crippen molar-refractivity contribution < 1.29 is 9.21 Å². The molecule has 0 bridgehead atoms. The molecule has 0 N–H and O–H groups in total. The second-order valence-corrected chi connectivity index (χ2v) is 5.14. The number of carbonyl (C=O) groups is 1. The SMILES string of the molecule is CC(=O)c1ccc2c(c1)CCCN2Cc1nnc(C)o1. The highest BCUT2D eigenvalue weighted by Gasteiger charge is 2.19. The Kier molecular flexibility index (Phi) is 3.26. The Labute approximate surface area is 117 Å². The molecule has 2 aromatic rings. The van der Waals surface area contributed by atoms with Crippen molar-refractivity contribution in [2.24, 2.45) is 0 Å². The van der Waals surface area contributed by atoms with E-state index in [1.54, 1.807) is 13.8 Å². The number of carbonyl (C=O) groups excluding carboxylic acids is 1. The van der Waals surface area contributed by atoms with Gasteiger partial charge in [-0.3, -0.25) is 4.79 Å². The molecule has 1 aliphatic rings. The summed E-state index contributed by atoms with van der Waals surface area (Å²) in [4.78, 5) is 13.7. The second-order valence-electron chi connectivity index (χ2n) is 5.14. The molecule has 0 spiro atoms. The summed E-state index contributed by atoms with van der Waals surface area (Å²) in [5.41, 5.74) is 3.16. The first-order valence-electron chi connectivity index (χ1n) is 6.81. The zero-order valence-corrected chi connectivity index (χ0v) is 11.7. The maximum absolute atomic E-state index is 11.5. The first kappa shape index (κ1) is 12.8. The second kappa shape index (κ2) is 5.07. The van der Waals surface area contributed by atoms with Crippen LogP contribution in [0.3, 0.4) is 0 Å². The van der Waals surface area contributed by atoms with Crippen LogP contribution in [-0.2, 0) is 13.0 Å². The van der Waals surface area contributed by atoms with Crippen LogP contribution < -0.4 is 4.90 Å². The van der Waals surface area contributed by atoms with E-state index in [1.807, 2.05) is 18.2 Å². The van der Waals surface area contributed by atoms with E-state index in [0.29, 0.717) is 18.3 Å². The first-order valence-corrected chi connectivity index (χ1v) is 6.81. The summed E-state index contributed by atoms with van der Waals surface area (Å²) >= 11 is 0. The number of anilines is 1. The molecule has 1 aromatic heterocycles. The van der Waals surface area contributed by atoms with E-state index in [1.165, 1.54) is 5.56 Å². The van der Waals surface area contributed by atoms with Crippen molar-refractivity contribution in [1.29, 1.82) is 0 Å². The lowest BCUT2D eigenvalue weighted by Crippen LogP contribution is -2.29. The molecule has 3 rings (SSSR count). The molecule has 1 aliphatic heterocycles. The number of hydrogen-bond acceptors (Lipinski definition) is 5. The lowest BCUT2D eigenvalue weighted by Gasteiger charge is -2.30. The van der Waals surface area contributed by atoms with E-state index in [-0.39, 0.29) is 5.78 Å². The predicted octanol–water partition coefficient (Wildman–Crippen LogP) is 2.53. The Morgan fingerprint density at radius 3 is 2.95 bits per heavy atom. The molecule has 0 unspecified atom stereocenters. The van der Waals surface area contributed by atoms with E-state index in [0.717, 1.165) is 30.6 Å². The molecule has 0 aliphatic carbocycles. The van der Waals surface area contributed by atoms with Crippen LogP contribution in [0.4, 0.5) is 5.69 Å². The van der Waals surface area contributed by atoms with Crippen LogP contribution in [0.2, 0.25) is 0 Å². The smallest absolute Gasteiger partial charge is 0.235 e. The highest BCUT2D eigenvalue weighted by atomic mass is 16.4. The van der Waals surface area contributed by atoms with Gasteiger partial charge >= 0.3 is 0 Å². The fourth-order valence-electron chi connectivity index (χ4n) is 2.62. The van der Waals surface area contributed by atoms with Crippen LogP contribution in [0.5, 0.6) is 0 Å². The molecule has 2 heterocycles. The number of fused-ring (bicyclic) bond motifs is 1. The van der Waals surface area contributed by atoms with Crippen LogP contribution in [0.25, 0.3) is 0 Å². The third-order valence-electron chi connectivity index (χ3n) is 3.59. The molecular formula is C15H17N3O2. The maximum Gasteiger partial charge on any atom is 0.235 e. The van der Waals surface area contributed by atoms with E-state index < -0.39 is 0 Å². The lowest BCUT2D eigenvalue weighted by molar-refractivity contribution is 0.101. The van der Waals surface area contributed by atoms with E-state index >= 15 is 0 Å². The minimum atomic E-state index is 0.109. The molecule has 0 amide bonds. The maximum atomic E-state index is 11.5. The lowest BCUT2D eigenvalue weighted by atomic mass is 9.98. The number of rotatable bonds is 3. The summed E-state index contributed by atoms with van der Waals surface area (Å²) in [5, 5.41) is 7.90. The normalized spacial score (nSPS) is 14.2. The van der Waals surface area contributed by atoms with E-state index in [9.17, 15) is 4.79 Å². The quantitative estimate of drug-likeness (QED) is 0.803. The number of aromatic nitrogens is 2. The Hall–Kier alpha value is -2.17. The standard InChI is InChI=1S/C15H17N3O2/c1-10(19)12-5-6-14-13(8-12)4-3-7-18(14)9-15-17-16-11(2)20-15/h5-6,8H,3-4,7,9H2,1-2H3. The molecule has 0 atom stereocenters. The van der Waals surface area contributed by atoms with Gasteiger partial charge in [0.05, 0.1) is 6.54 Å². The van der Waals surface area contributed by atoms with Gasteiger partial charge in [-0.15, -0.1) is 10.2 Å². The van der Waals surface area contributed by atoms with Crippen molar-refractivity contribution in [3.8, 4) is 0 Å². The third kappa shape index (κ3) is 2.43. The summed E-state index contributed by atoms with van der Waals surface area (Å²) in [6.45, 7) is 4.98. The Bertz CT molecular complexity index is 648. The summed E-state index contributed by atoms with van der Waals surface area (Å²) in [6.07, 6.45) is 2.08. The molecule has 0 fully saturated rings. The molecule has 5 nitrogen and oxygen atoms in total. The molecular weight excluding hydrogens is 254 g/mol. The number of nitrogens with zero attached hydrogens (tertiary/aromatic N) is 3. The van der Waals surface area contributed by atoms with Gasteiger partial charge in [-0.2, -0.15) is 0 Å². The summed E-state index contributed by atoms with van der Waals surface area (Å²) in [5.74, 6) is 1.33. The van der Waals surface area contributed by atoms with Crippen LogP contribution >= 0.6 is 0 Å². The van der Waals surface area contributed by atoms with Gasteiger partial charge in [0.1, 0.15) is 0 Å². The van der Waals surface area contributed by atoms with Gasteiger partial charge in [-0.25, -0.2) is 0 Å². The van der Waals surface area contributed by atoms with E-state index in [2.05, 4.69) is 15.1 Å². The molecule has 0 saturated heterocycles. The summed E-state index contributed by atoms with van der Waals surface area (Å²) in [7, 11) is 0. The number of ketones is 1. The van der Waals surface area contributed by atoms with Gasteiger partial charge in [0.2, 0.25) is 11.8 Å². The third-order valence-corrected chi connectivity index (χ3v) is 3.59. The molecule has 0 radical (unpaired) electrons. The number of benzene rings is 1. The molecule has 20 heavy (non-hydrogen) atoms. The van der Waals surface area contributed by atoms with E-state index in [4.69, 9.17) is 4.42 Å². The van der Waals surface area contributed by atoms with Gasteiger partial charge in [0.15, 0.2) is 5.78 Å². The summed E-state index contributed by atoms with van der Waals surface area (Å²) in [6, 6.07) is 5.91. The molecule has 104 valence electrons. The van der Waals surface area contributed by atoms with Crippen LogP contribution in [0, 0.1) is 6.92 Å². The zero-order chi connectivity index (χ0) is 14.1. The van der Waals surface area contributed by atoms with Gasteiger partial charge in [0.25, 0.3) is 0 Å². The topological polar surface area (TPSA) is 59.2 Å². The zero-order valence-electron chi connectivity index (χ0n) is 11.7. The van der Waals surface area contributed by atoms with Crippen LogP contribution in [0.15, 0.2) is 22.6 Å². The predicted molar refractivity (Wildman–Crippen MR) is 74.9 cm³/mol. The number of aryl methyl sites for hydroxylation is 2. The van der Waals surface area contributed by atoms with Crippen molar-refractivity contribution >= 4 is 11.5 Å². The average molecular weight is 271 g/mol. The van der Waals surface area contributed by atoms with Crippen LogP contribution in [0.1, 0.15) is 41.0 Å². The minimum absolute atomic E-state index is 0.109. The number of hydrogen-bond donors (Lipinski definition) is 0. The first-order chi connectivity index (χ1) is 9.63. The van der Waals surface area contributed by atoms with Crippen molar-refractivity contribution in [3.63, 3.8) is 0 Å². The highest BCUT2D eigenvalue weighted by Crippen LogP contribution is 2.29. The van der Waals surface area contributed by atoms with Crippen LogP contribution in [-0.4, -0.2) is 22.5 Å². The largest absolute Gasteiger partial charge is 0.424 e.